The van der Waals surface area contributed by atoms with Crippen molar-refractivity contribution in [1.29, 1.82) is 0 Å². The van der Waals surface area contributed by atoms with Crippen molar-refractivity contribution in [3.63, 3.8) is 0 Å². The molecule has 0 amide bonds. The van der Waals surface area contributed by atoms with E-state index in [4.69, 9.17) is 0 Å². The van der Waals surface area contributed by atoms with Crippen molar-refractivity contribution in [1.82, 2.24) is 10.3 Å². The van der Waals surface area contributed by atoms with Crippen molar-refractivity contribution in [3.05, 3.63) is 24.3 Å². The fourth-order valence-electron chi connectivity index (χ4n) is 1.63. The number of nitrogens with one attached hydrogen (secondary N) is 1. The Morgan fingerprint density at radius 2 is 1.95 bits per heavy atom. The fraction of sp³-hybridized carbons (Fsp3) is 0.462. The first kappa shape index (κ1) is 14.4. The zero-order valence-corrected chi connectivity index (χ0v) is 12.9. The van der Waals surface area contributed by atoms with Crippen molar-refractivity contribution in [3.8, 4) is 0 Å². The standard InChI is InChI=1S/C13H18N2O2S2/c1-13(2,3)14-8-9-19(16,17)12-15-10-6-4-5-7-11(10)18-12/h4-7,14H,8-9H2,1-3H3. The third-order valence-corrected chi connectivity index (χ3v) is 5.77. The Morgan fingerprint density at radius 3 is 2.58 bits per heavy atom. The van der Waals surface area contributed by atoms with Crippen molar-refractivity contribution in [2.45, 2.75) is 30.6 Å². The van der Waals surface area contributed by atoms with Crippen molar-refractivity contribution in [2.75, 3.05) is 12.3 Å². The second-order valence-corrected chi connectivity index (χ2v) is 8.76. The third-order valence-electron chi connectivity index (χ3n) is 2.57. The van der Waals surface area contributed by atoms with Gasteiger partial charge in [-0.15, -0.1) is 11.3 Å². The molecule has 19 heavy (non-hydrogen) atoms. The van der Waals surface area contributed by atoms with E-state index in [0.29, 0.717) is 6.54 Å². The molecule has 0 aliphatic heterocycles. The first-order chi connectivity index (χ1) is 8.78. The molecular formula is C13H18N2O2S2. The molecule has 2 aromatic rings. The Balaban J connectivity index is 2.15. The number of benzene rings is 1. The molecule has 0 atom stereocenters. The summed E-state index contributed by atoms with van der Waals surface area (Å²) in [5.74, 6) is 0.0735. The van der Waals surface area contributed by atoms with Gasteiger partial charge >= 0.3 is 0 Å². The molecule has 2 rings (SSSR count). The number of sulfone groups is 1. The molecular weight excluding hydrogens is 280 g/mol. The number of fused-ring (bicyclic) bond motifs is 1. The minimum atomic E-state index is -3.30. The average Bonchev–Trinajstić information content (AvgIpc) is 2.71. The van der Waals surface area contributed by atoms with E-state index in [2.05, 4.69) is 10.3 Å². The average molecular weight is 298 g/mol. The molecule has 1 aromatic heterocycles. The largest absolute Gasteiger partial charge is 0.311 e. The lowest BCUT2D eigenvalue weighted by atomic mass is 10.1. The van der Waals surface area contributed by atoms with E-state index in [1.807, 2.05) is 45.0 Å². The predicted octanol–water partition coefficient (Wildman–Crippen LogP) is 2.46. The molecule has 0 saturated carbocycles. The van der Waals surface area contributed by atoms with Crippen LogP contribution in [0.5, 0.6) is 0 Å². The topological polar surface area (TPSA) is 59.1 Å². The van der Waals surface area contributed by atoms with E-state index in [-0.39, 0.29) is 15.6 Å². The zero-order valence-electron chi connectivity index (χ0n) is 11.3. The van der Waals surface area contributed by atoms with Gasteiger partial charge in [-0.3, -0.25) is 0 Å². The zero-order chi connectivity index (χ0) is 14.1. The van der Waals surface area contributed by atoms with Gasteiger partial charge in [-0.25, -0.2) is 13.4 Å². The second-order valence-electron chi connectivity index (χ2n) is 5.44. The summed E-state index contributed by atoms with van der Waals surface area (Å²) < 4.78 is 25.5. The maximum Gasteiger partial charge on any atom is 0.210 e. The van der Waals surface area contributed by atoms with Gasteiger partial charge in [0.25, 0.3) is 0 Å². The highest BCUT2D eigenvalue weighted by atomic mass is 32.2. The summed E-state index contributed by atoms with van der Waals surface area (Å²) in [6.45, 7) is 6.47. The monoisotopic (exact) mass is 298 g/mol. The van der Waals surface area contributed by atoms with Crippen LogP contribution in [0, 0.1) is 0 Å². The Morgan fingerprint density at radius 1 is 1.26 bits per heavy atom. The summed E-state index contributed by atoms with van der Waals surface area (Å²) >= 11 is 1.24. The minimum Gasteiger partial charge on any atom is -0.311 e. The maximum atomic E-state index is 12.2. The number of rotatable bonds is 4. The van der Waals surface area contributed by atoms with Gasteiger partial charge in [0, 0.05) is 12.1 Å². The summed E-state index contributed by atoms with van der Waals surface area (Å²) in [4.78, 5) is 4.20. The highest BCUT2D eigenvalue weighted by Gasteiger charge is 2.20. The second kappa shape index (κ2) is 5.19. The van der Waals surface area contributed by atoms with Crippen molar-refractivity contribution < 1.29 is 8.42 Å². The number of nitrogens with zero attached hydrogens (tertiary/aromatic N) is 1. The van der Waals surface area contributed by atoms with Crippen LogP contribution in [0.1, 0.15) is 20.8 Å². The Kier molecular flexibility index (Phi) is 3.94. The lowest BCUT2D eigenvalue weighted by molar-refractivity contribution is 0.438. The molecule has 1 aromatic carbocycles. The summed E-state index contributed by atoms with van der Waals surface area (Å²) in [7, 11) is -3.30. The number of aromatic nitrogens is 1. The van der Waals surface area contributed by atoms with E-state index >= 15 is 0 Å². The lowest BCUT2D eigenvalue weighted by Crippen LogP contribution is -2.38. The fourth-order valence-corrected chi connectivity index (χ4v) is 4.14. The van der Waals surface area contributed by atoms with Crippen LogP contribution in [0.3, 0.4) is 0 Å². The van der Waals surface area contributed by atoms with Gasteiger partial charge in [-0.2, -0.15) is 0 Å². The molecule has 1 N–H and O–H groups in total. The minimum absolute atomic E-state index is 0.0735. The van der Waals surface area contributed by atoms with Crippen LogP contribution >= 0.6 is 11.3 Å². The summed E-state index contributed by atoms with van der Waals surface area (Å²) in [6, 6.07) is 7.47. The van der Waals surface area contributed by atoms with Gasteiger partial charge in [0.2, 0.25) is 14.2 Å². The maximum absolute atomic E-state index is 12.2. The van der Waals surface area contributed by atoms with Crippen LogP contribution in [-0.4, -0.2) is 31.2 Å². The molecule has 0 spiro atoms. The Hall–Kier alpha value is -0.980. The SMILES string of the molecule is CC(C)(C)NCCS(=O)(=O)c1nc2ccccc2s1. The van der Waals surface area contributed by atoms with Crippen LogP contribution in [0.15, 0.2) is 28.6 Å². The number of thiazole rings is 1. The molecule has 0 aliphatic rings. The van der Waals surface area contributed by atoms with Crippen LogP contribution in [0.4, 0.5) is 0 Å². The van der Waals surface area contributed by atoms with Crippen LogP contribution in [-0.2, 0) is 9.84 Å². The van der Waals surface area contributed by atoms with Crippen molar-refractivity contribution >= 4 is 31.4 Å². The van der Waals surface area contributed by atoms with Crippen LogP contribution < -0.4 is 5.32 Å². The molecule has 1 heterocycles. The quantitative estimate of drug-likeness (QED) is 0.942. The number of hydrogen-bond donors (Lipinski definition) is 1. The summed E-state index contributed by atoms with van der Waals surface area (Å²) in [5, 5.41) is 3.18. The van der Waals surface area contributed by atoms with E-state index < -0.39 is 9.84 Å². The molecule has 104 valence electrons. The van der Waals surface area contributed by atoms with Gasteiger partial charge in [0.05, 0.1) is 16.0 Å². The molecule has 4 nitrogen and oxygen atoms in total. The first-order valence-corrected chi connectivity index (χ1v) is 8.58. The first-order valence-electron chi connectivity index (χ1n) is 6.11. The number of para-hydroxylation sites is 1. The molecule has 0 bridgehead atoms. The molecule has 0 fully saturated rings. The van der Waals surface area contributed by atoms with Gasteiger partial charge in [-0.1, -0.05) is 12.1 Å². The molecule has 0 saturated heterocycles. The Bertz CT molecular complexity index is 636. The van der Waals surface area contributed by atoms with Gasteiger partial charge in [0.1, 0.15) is 0 Å². The van der Waals surface area contributed by atoms with Crippen molar-refractivity contribution in [2.24, 2.45) is 0 Å². The van der Waals surface area contributed by atoms with Gasteiger partial charge in [-0.05, 0) is 32.9 Å². The number of hydrogen-bond acceptors (Lipinski definition) is 5. The highest BCUT2D eigenvalue weighted by molar-refractivity contribution is 7.93. The summed E-state index contributed by atoms with van der Waals surface area (Å²) in [5.41, 5.74) is 0.665. The van der Waals surface area contributed by atoms with E-state index in [1.54, 1.807) is 0 Å². The molecule has 0 aliphatic carbocycles. The molecule has 6 heteroatoms. The van der Waals surface area contributed by atoms with E-state index in [0.717, 1.165) is 10.2 Å². The highest BCUT2D eigenvalue weighted by Crippen LogP contribution is 2.25. The van der Waals surface area contributed by atoms with Gasteiger partial charge in [0.15, 0.2) is 0 Å². The lowest BCUT2D eigenvalue weighted by Gasteiger charge is -2.19. The molecule has 0 unspecified atom stereocenters. The third kappa shape index (κ3) is 3.75. The summed E-state index contributed by atoms with van der Waals surface area (Å²) in [6.07, 6.45) is 0. The van der Waals surface area contributed by atoms with E-state index in [1.165, 1.54) is 11.3 Å². The predicted molar refractivity (Wildman–Crippen MR) is 79.4 cm³/mol. The van der Waals surface area contributed by atoms with Crippen LogP contribution in [0.25, 0.3) is 10.2 Å². The van der Waals surface area contributed by atoms with Crippen LogP contribution in [0.2, 0.25) is 0 Å². The smallest absolute Gasteiger partial charge is 0.210 e. The normalized spacial score (nSPS) is 13.0. The van der Waals surface area contributed by atoms with E-state index in [9.17, 15) is 8.42 Å². The molecule has 0 radical (unpaired) electrons. The Labute approximate surface area is 117 Å². The van der Waals surface area contributed by atoms with Gasteiger partial charge < -0.3 is 5.32 Å².